The van der Waals surface area contributed by atoms with Gasteiger partial charge in [0.05, 0.1) is 0 Å². The van der Waals surface area contributed by atoms with Gasteiger partial charge in [0.15, 0.2) is 0 Å². The van der Waals surface area contributed by atoms with E-state index in [9.17, 15) is 4.39 Å². The molecule has 1 spiro atoms. The predicted molar refractivity (Wildman–Crippen MR) is 82.6 cm³/mol. The molecule has 0 bridgehead atoms. The third-order valence-electron chi connectivity index (χ3n) is 5.17. The van der Waals surface area contributed by atoms with Crippen molar-refractivity contribution in [2.45, 2.75) is 31.5 Å². The summed E-state index contributed by atoms with van der Waals surface area (Å²) in [6.45, 7) is 5.28. The fourth-order valence-corrected chi connectivity index (χ4v) is 3.79. The topological polar surface area (TPSA) is 35.2 Å². The highest BCUT2D eigenvalue weighted by Crippen LogP contribution is 2.40. The summed E-state index contributed by atoms with van der Waals surface area (Å²) in [6, 6.07) is 8.96. The first-order chi connectivity index (χ1) is 10.7. The Bertz CT molecular complexity index is 625. The highest BCUT2D eigenvalue weighted by molar-refractivity contribution is 5.18. The number of aromatic nitrogens is 2. The number of hydrogen-bond acceptors (Lipinski definition) is 3. The molecular formula is C17H21FN4. The van der Waals surface area contributed by atoms with Gasteiger partial charge in [0.1, 0.15) is 5.82 Å². The highest BCUT2D eigenvalue weighted by atomic mass is 19.1. The van der Waals surface area contributed by atoms with Crippen molar-refractivity contribution >= 4 is 0 Å². The second kappa shape index (κ2) is 5.48. The Morgan fingerprint density at radius 1 is 1.09 bits per heavy atom. The fourth-order valence-electron chi connectivity index (χ4n) is 3.79. The lowest BCUT2D eigenvalue weighted by molar-refractivity contribution is -0.0146. The zero-order chi connectivity index (χ0) is 15.0. The molecule has 3 heterocycles. The third-order valence-corrected chi connectivity index (χ3v) is 5.17. The summed E-state index contributed by atoms with van der Waals surface area (Å²) in [6.07, 6.45) is 4.31. The molecule has 0 radical (unpaired) electrons. The van der Waals surface area contributed by atoms with Gasteiger partial charge < -0.3 is 0 Å². The van der Waals surface area contributed by atoms with Crippen molar-refractivity contribution in [1.29, 1.82) is 0 Å². The maximum absolute atomic E-state index is 13.0. The molecular weight excluding hydrogens is 279 g/mol. The first-order valence-corrected chi connectivity index (χ1v) is 7.94. The molecule has 2 aromatic rings. The minimum absolute atomic E-state index is 0.159. The predicted octanol–water partition coefficient (Wildman–Crippen LogP) is 2.40. The van der Waals surface area contributed by atoms with E-state index in [0.29, 0.717) is 5.54 Å². The molecule has 22 heavy (non-hydrogen) atoms. The molecule has 0 amide bonds. The number of likely N-dealkylation sites (tertiary alicyclic amines) is 2. The van der Waals surface area contributed by atoms with Crippen LogP contribution in [0.25, 0.3) is 0 Å². The molecule has 0 unspecified atom stereocenters. The van der Waals surface area contributed by atoms with Gasteiger partial charge in [0.25, 0.3) is 0 Å². The number of rotatable bonds is 4. The summed E-state index contributed by atoms with van der Waals surface area (Å²) >= 11 is 0. The molecule has 0 saturated carbocycles. The van der Waals surface area contributed by atoms with Crippen LogP contribution in [0.3, 0.4) is 0 Å². The number of nitrogens with zero attached hydrogens (tertiary/aromatic N) is 3. The van der Waals surface area contributed by atoms with E-state index in [2.05, 4.69) is 20.0 Å². The van der Waals surface area contributed by atoms with E-state index < -0.39 is 0 Å². The van der Waals surface area contributed by atoms with E-state index >= 15 is 0 Å². The van der Waals surface area contributed by atoms with E-state index in [-0.39, 0.29) is 5.82 Å². The van der Waals surface area contributed by atoms with Gasteiger partial charge in [-0.2, -0.15) is 5.10 Å². The Kier molecular flexibility index (Phi) is 3.47. The summed E-state index contributed by atoms with van der Waals surface area (Å²) < 4.78 is 13.0. The Morgan fingerprint density at radius 3 is 2.59 bits per heavy atom. The van der Waals surface area contributed by atoms with Gasteiger partial charge in [0.2, 0.25) is 0 Å². The second-order valence-corrected chi connectivity index (χ2v) is 6.56. The van der Waals surface area contributed by atoms with Crippen molar-refractivity contribution < 1.29 is 4.39 Å². The van der Waals surface area contributed by atoms with Crippen LogP contribution < -0.4 is 0 Å². The third kappa shape index (κ3) is 2.55. The Balaban J connectivity index is 1.39. The van der Waals surface area contributed by atoms with E-state index in [1.807, 2.05) is 24.4 Å². The van der Waals surface area contributed by atoms with Crippen molar-refractivity contribution in [3.63, 3.8) is 0 Å². The van der Waals surface area contributed by atoms with Crippen LogP contribution in [0.4, 0.5) is 4.39 Å². The molecule has 1 atom stereocenters. The summed E-state index contributed by atoms with van der Waals surface area (Å²) in [7, 11) is 0. The average molecular weight is 300 g/mol. The van der Waals surface area contributed by atoms with Crippen LogP contribution in [0.2, 0.25) is 0 Å². The van der Waals surface area contributed by atoms with Crippen LogP contribution in [-0.4, -0.2) is 45.2 Å². The molecule has 2 saturated heterocycles. The van der Waals surface area contributed by atoms with Crippen LogP contribution in [0, 0.1) is 5.82 Å². The van der Waals surface area contributed by atoms with Gasteiger partial charge in [-0.25, -0.2) is 4.39 Å². The molecule has 2 aliphatic rings. The number of hydrogen-bond donors (Lipinski definition) is 1. The quantitative estimate of drug-likeness (QED) is 0.942. The molecule has 2 aliphatic heterocycles. The van der Waals surface area contributed by atoms with Crippen LogP contribution >= 0.6 is 0 Å². The van der Waals surface area contributed by atoms with Crippen LogP contribution in [0.5, 0.6) is 0 Å². The van der Waals surface area contributed by atoms with Gasteiger partial charge in [-0.1, -0.05) is 12.1 Å². The van der Waals surface area contributed by atoms with Crippen molar-refractivity contribution in [3.8, 4) is 0 Å². The fraction of sp³-hybridized carbons (Fsp3) is 0.471. The standard InChI is InChI=1S/C17H21FN4/c18-15-3-1-14(2-4-15)11-22-10-7-17(22)6-9-21(13-17)12-16-5-8-19-20-16/h1-5,8H,6-7,9-13H2,(H,19,20)/t17-/m1/s1. The molecule has 5 heteroatoms. The summed E-state index contributed by atoms with van der Waals surface area (Å²) in [5.74, 6) is -0.159. The molecule has 4 rings (SSSR count). The minimum Gasteiger partial charge on any atom is -0.296 e. The largest absolute Gasteiger partial charge is 0.296 e. The lowest BCUT2D eigenvalue weighted by atomic mass is 9.83. The zero-order valence-electron chi connectivity index (χ0n) is 12.6. The smallest absolute Gasteiger partial charge is 0.123 e. The molecule has 1 aromatic heterocycles. The maximum Gasteiger partial charge on any atom is 0.123 e. The summed E-state index contributed by atoms with van der Waals surface area (Å²) in [5, 5.41) is 7.06. The molecule has 1 aromatic carbocycles. The molecule has 1 N–H and O–H groups in total. The van der Waals surface area contributed by atoms with Gasteiger partial charge in [-0.15, -0.1) is 0 Å². The first-order valence-electron chi connectivity index (χ1n) is 7.94. The maximum atomic E-state index is 13.0. The SMILES string of the molecule is Fc1ccc(CN2CC[C@@]23CCN(Cc2ccn[nH]2)C3)cc1. The van der Waals surface area contributed by atoms with E-state index in [1.54, 1.807) is 12.1 Å². The lowest BCUT2D eigenvalue weighted by Gasteiger charge is -2.51. The van der Waals surface area contributed by atoms with Crippen molar-refractivity contribution in [3.05, 3.63) is 53.6 Å². The minimum atomic E-state index is -0.159. The van der Waals surface area contributed by atoms with E-state index in [0.717, 1.165) is 32.7 Å². The normalized spacial score (nSPS) is 25.7. The number of aromatic amines is 1. The van der Waals surface area contributed by atoms with Gasteiger partial charge in [-0.3, -0.25) is 14.9 Å². The molecule has 4 nitrogen and oxygen atoms in total. The number of benzene rings is 1. The van der Waals surface area contributed by atoms with Crippen molar-refractivity contribution in [2.24, 2.45) is 0 Å². The number of nitrogens with one attached hydrogen (secondary N) is 1. The van der Waals surface area contributed by atoms with Crippen LogP contribution in [0.1, 0.15) is 24.1 Å². The zero-order valence-corrected chi connectivity index (χ0v) is 12.6. The second-order valence-electron chi connectivity index (χ2n) is 6.56. The highest BCUT2D eigenvalue weighted by Gasteiger charge is 2.48. The molecule has 0 aliphatic carbocycles. The van der Waals surface area contributed by atoms with Crippen LogP contribution in [0.15, 0.2) is 36.5 Å². The van der Waals surface area contributed by atoms with Crippen molar-refractivity contribution in [2.75, 3.05) is 19.6 Å². The number of H-pyrrole nitrogens is 1. The van der Waals surface area contributed by atoms with Crippen LogP contribution in [-0.2, 0) is 13.1 Å². The Hall–Kier alpha value is -1.72. The van der Waals surface area contributed by atoms with E-state index in [1.165, 1.54) is 24.1 Å². The average Bonchev–Trinajstić information content (AvgIpc) is 3.17. The Morgan fingerprint density at radius 2 is 1.91 bits per heavy atom. The van der Waals surface area contributed by atoms with Gasteiger partial charge in [-0.05, 0) is 36.6 Å². The lowest BCUT2D eigenvalue weighted by Crippen LogP contribution is -2.60. The van der Waals surface area contributed by atoms with Crippen molar-refractivity contribution in [1.82, 2.24) is 20.0 Å². The molecule has 116 valence electrons. The molecule has 2 fully saturated rings. The monoisotopic (exact) mass is 300 g/mol. The Labute approximate surface area is 129 Å². The summed E-state index contributed by atoms with van der Waals surface area (Å²) in [5.41, 5.74) is 2.71. The van der Waals surface area contributed by atoms with Gasteiger partial charge in [0, 0.05) is 50.2 Å². The van der Waals surface area contributed by atoms with Gasteiger partial charge >= 0.3 is 0 Å². The number of halogens is 1. The summed E-state index contributed by atoms with van der Waals surface area (Å²) in [4.78, 5) is 5.07. The first kappa shape index (κ1) is 13.9. The van der Waals surface area contributed by atoms with E-state index in [4.69, 9.17) is 0 Å².